The summed E-state index contributed by atoms with van der Waals surface area (Å²) in [7, 11) is 0. The lowest BCUT2D eigenvalue weighted by molar-refractivity contribution is 0.181. The Hall–Kier alpha value is -1.02. The van der Waals surface area contributed by atoms with Gasteiger partial charge < -0.3 is 10.5 Å². The fourth-order valence-corrected chi connectivity index (χ4v) is 1.74. The van der Waals surface area contributed by atoms with Crippen LogP contribution in [0.25, 0.3) is 0 Å². The predicted octanol–water partition coefficient (Wildman–Crippen LogP) is 1.65. The van der Waals surface area contributed by atoms with Gasteiger partial charge in [0.15, 0.2) is 0 Å². The van der Waals surface area contributed by atoms with E-state index in [2.05, 4.69) is 19.1 Å². The molecular formula is C11H15NO. The molecule has 1 aromatic carbocycles. The first-order valence-corrected chi connectivity index (χ1v) is 4.76. The van der Waals surface area contributed by atoms with Gasteiger partial charge in [0.05, 0.1) is 0 Å². The molecular weight excluding hydrogens is 162 g/mol. The molecule has 0 bridgehead atoms. The molecule has 0 aliphatic carbocycles. The summed E-state index contributed by atoms with van der Waals surface area (Å²) in [5, 5.41) is 0. The minimum Gasteiger partial charge on any atom is -0.489 e. The van der Waals surface area contributed by atoms with E-state index in [-0.39, 0.29) is 6.10 Å². The summed E-state index contributed by atoms with van der Waals surface area (Å²) in [6.07, 6.45) is 2.36. The summed E-state index contributed by atoms with van der Waals surface area (Å²) in [6.45, 7) is 2.72. The fourth-order valence-electron chi connectivity index (χ4n) is 1.74. The molecule has 0 amide bonds. The minimum atomic E-state index is 0.218. The summed E-state index contributed by atoms with van der Waals surface area (Å²) in [4.78, 5) is 0. The molecule has 1 aliphatic rings. The highest BCUT2D eigenvalue weighted by Crippen LogP contribution is 2.27. The SMILES string of the molecule is Cc1ccc2c(c1)CCC(CN)O2. The molecule has 0 saturated heterocycles. The third-order valence-electron chi connectivity index (χ3n) is 2.51. The van der Waals surface area contributed by atoms with Crippen LogP contribution in [0.5, 0.6) is 5.75 Å². The van der Waals surface area contributed by atoms with E-state index in [0.29, 0.717) is 6.54 Å². The Bertz CT molecular complexity index is 309. The Morgan fingerprint density at radius 1 is 1.54 bits per heavy atom. The van der Waals surface area contributed by atoms with Crippen LogP contribution in [0.1, 0.15) is 17.5 Å². The largest absolute Gasteiger partial charge is 0.489 e. The maximum atomic E-state index is 5.71. The second-order valence-electron chi connectivity index (χ2n) is 3.63. The number of hydrogen-bond acceptors (Lipinski definition) is 2. The zero-order valence-electron chi connectivity index (χ0n) is 7.92. The first-order valence-electron chi connectivity index (χ1n) is 4.76. The van der Waals surface area contributed by atoms with E-state index in [1.54, 1.807) is 0 Å². The summed E-state index contributed by atoms with van der Waals surface area (Å²) in [5.41, 5.74) is 8.19. The molecule has 1 heterocycles. The maximum absolute atomic E-state index is 5.71. The van der Waals surface area contributed by atoms with Gasteiger partial charge in [-0.25, -0.2) is 0 Å². The third-order valence-corrected chi connectivity index (χ3v) is 2.51. The van der Waals surface area contributed by atoms with Gasteiger partial charge in [0, 0.05) is 6.54 Å². The van der Waals surface area contributed by atoms with Crippen LogP contribution in [-0.4, -0.2) is 12.6 Å². The highest BCUT2D eigenvalue weighted by atomic mass is 16.5. The number of rotatable bonds is 1. The maximum Gasteiger partial charge on any atom is 0.122 e. The van der Waals surface area contributed by atoms with E-state index in [4.69, 9.17) is 10.5 Å². The van der Waals surface area contributed by atoms with Crippen molar-refractivity contribution >= 4 is 0 Å². The van der Waals surface area contributed by atoms with Crippen LogP contribution in [0, 0.1) is 6.92 Å². The average Bonchev–Trinajstić information content (AvgIpc) is 2.17. The molecule has 0 radical (unpaired) electrons. The molecule has 1 atom stereocenters. The summed E-state index contributed by atoms with van der Waals surface area (Å²) < 4.78 is 5.71. The Kier molecular flexibility index (Phi) is 2.23. The minimum absolute atomic E-state index is 0.218. The van der Waals surface area contributed by atoms with Gasteiger partial charge in [-0.1, -0.05) is 17.7 Å². The Morgan fingerprint density at radius 2 is 2.38 bits per heavy atom. The standard InChI is InChI=1S/C11H15NO/c1-8-2-5-11-9(6-8)3-4-10(7-12)13-11/h2,5-6,10H,3-4,7,12H2,1H3. The van der Waals surface area contributed by atoms with Crippen LogP contribution in [0.15, 0.2) is 18.2 Å². The lowest BCUT2D eigenvalue weighted by Gasteiger charge is -2.25. The summed E-state index contributed by atoms with van der Waals surface area (Å²) in [5.74, 6) is 1.02. The second kappa shape index (κ2) is 3.38. The smallest absolute Gasteiger partial charge is 0.122 e. The van der Waals surface area contributed by atoms with Gasteiger partial charge in [0.2, 0.25) is 0 Å². The molecule has 70 valence electrons. The second-order valence-corrected chi connectivity index (χ2v) is 3.63. The van der Waals surface area contributed by atoms with E-state index in [1.165, 1.54) is 11.1 Å². The summed E-state index contributed by atoms with van der Waals surface area (Å²) in [6, 6.07) is 6.33. The first kappa shape index (κ1) is 8.57. The number of ether oxygens (including phenoxy) is 1. The molecule has 2 heteroatoms. The van der Waals surface area contributed by atoms with Crippen LogP contribution in [0.3, 0.4) is 0 Å². The molecule has 1 aliphatic heterocycles. The van der Waals surface area contributed by atoms with Crippen LogP contribution >= 0.6 is 0 Å². The quantitative estimate of drug-likeness (QED) is 0.708. The Labute approximate surface area is 78.7 Å². The highest BCUT2D eigenvalue weighted by Gasteiger charge is 2.17. The van der Waals surface area contributed by atoms with Crippen molar-refractivity contribution in [2.75, 3.05) is 6.54 Å². The van der Waals surface area contributed by atoms with Crippen molar-refractivity contribution in [2.45, 2.75) is 25.9 Å². The molecule has 0 spiro atoms. The van der Waals surface area contributed by atoms with Crippen molar-refractivity contribution in [3.8, 4) is 5.75 Å². The van der Waals surface area contributed by atoms with Gasteiger partial charge in [0.25, 0.3) is 0 Å². The lowest BCUT2D eigenvalue weighted by atomic mass is 10.0. The molecule has 0 saturated carbocycles. The van der Waals surface area contributed by atoms with Crippen molar-refractivity contribution < 1.29 is 4.74 Å². The zero-order valence-corrected chi connectivity index (χ0v) is 7.92. The Morgan fingerprint density at radius 3 is 3.15 bits per heavy atom. The molecule has 2 N–H and O–H groups in total. The van der Waals surface area contributed by atoms with E-state index in [9.17, 15) is 0 Å². The van der Waals surface area contributed by atoms with E-state index >= 15 is 0 Å². The monoisotopic (exact) mass is 177 g/mol. The molecule has 2 rings (SSSR count). The van der Waals surface area contributed by atoms with E-state index in [0.717, 1.165) is 18.6 Å². The number of hydrogen-bond donors (Lipinski definition) is 1. The average molecular weight is 177 g/mol. The van der Waals surface area contributed by atoms with Gasteiger partial charge >= 0.3 is 0 Å². The van der Waals surface area contributed by atoms with Crippen molar-refractivity contribution in [1.29, 1.82) is 0 Å². The molecule has 0 fully saturated rings. The van der Waals surface area contributed by atoms with Crippen LogP contribution in [0.2, 0.25) is 0 Å². The molecule has 1 aromatic rings. The molecule has 2 nitrogen and oxygen atoms in total. The molecule has 1 unspecified atom stereocenters. The van der Waals surface area contributed by atoms with Crippen molar-refractivity contribution in [2.24, 2.45) is 5.73 Å². The predicted molar refractivity (Wildman–Crippen MR) is 53.0 cm³/mol. The normalized spacial score (nSPS) is 20.6. The number of nitrogens with two attached hydrogens (primary N) is 1. The fraction of sp³-hybridized carbons (Fsp3) is 0.455. The van der Waals surface area contributed by atoms with Gasteiger partial charge in [-0.05, 0) is 31.4 Å². The van der Waals surface area contributed by atoms with Crippen molar-refractivity contribution in [1.82, 2.24) is 0 Å². The van der Waals surface area contributed by atoms with Gasteiger partial charge in [0.1, 0.15) is 11.9 Å². The lowest BCUT2D eigenvalue weighted by Crippen LogP contribution is -2.30. The highest BCUT2D eigenvalue weighted by molar-refractivity contribution is 5.38. The van der Waals surface area contributed by atoms with Crippen LogP contribution in [0.4, 0.5) is 0 Å². The summed E-state index contributed by atoms with van der Waals surface area (Å²) >= 11 is 0. The van der Waals surface area contributed by atoms with E-state index < -0.39 is 0 Å². The van der Waals surface area contributed by atoms with Crippen molar-refractivity contribution in [3.05, 3.63) is 29.3 Å². The zero-order chi connectivity index (χ0) is 9.26. The number of fused-ring (bicyclic) bond motifs is 1. The van der Waals surface area contributed by atoms with Gasteiger partial charge in [-0.2, -0.15) is 0 Å². The van der Waals surface area contributed by atoms with Crippen LogP contribution in [-0.2, 0) is 6.42 Å². The first-order chi connectivity index (χ1) is 6.29. The number of aryl methyl sites for hydroxylation is 2. The van der Waals surface area contributed by atoms with Gasteiger partial charge in [-0.3, -0.25) is 0 Å². The van der Waals surface area contributed by atoms with Crippen molar-refractivity contribution in [3.63, 3.8) is 0 Å². The third kappa shape index (κ3) is 1.68. The molecule has 0 aromatic heterocycles. The number of benzene rings is 1. The van der Waals surface area contributed by atoms with E-state index in [1.807, 2.05) is 6.07 Å². The van der Waals surface area contributed by atoms with Gasteiger partial charge in [-0.15, -0.1) is 0 Å². The topological polar surface area (TPSA) is 35.2 Å². The Balaban J connectivity index is 2.26. The van der Waals surface area contributed by atoms with Crippen LogP contribution < -0.4 is 10.5 Å². The molecule has 13 heavy (non-hydrogen) atoms.